The minimum Gasteiger partial charge on any atom is -0.377 e. The molecule has 2 amide bonds. The fourth-order valence-corrected chi connectivity index (χ4v) is 2.58. The van der Waals surface area contributed by atoms with E-state index in [0.717, 1.165) is 19.3 Å². The third-order valence-corrected chi connectivity index (χ3v) is 4.76. The Morgan fingerprint density at radius 3 is 1.72 bits per heavy atom. The van der Waals surface area contributed by atoms with E-state index in [1.807, 2.05) is 13.8 Å². The van der Waals surface area contributed by atoms with Crippen LogP contribution in [-0.2, 0) is 33.3 Å². The number of carbonyl (C=O) groups excluding carboxylic acids is 2. The fraction of sp³-hybridized carbons (Fsp3) is 0.913. The van der Waals surface area contributed by atoms with E-state index in [9.17, 15) is 9.59 Å². The van der Waals surface area contributed by atoms with Gasteiger partial charge in [0.15, 0.2) is 0 Å². The van der Waals surface area contributed by atoms with Crippen LogP contribution in [0.2, 0.25) is 0 Å². The van der Waals surface area contributed by atoms with Crippen molar-refractivity contribution < 1.29 is 33.3 Å². The van der Waals surface area contributed by atoms with Crippen LogP contribution in [0, 0.1) is 11.8 Å². The molecule has 2 N–H and O–H groups in total. The molecular formula is C23H46N2O7. The van der Waals surface area contributed by atoms with Gasteiger partial charge in [-0.05, 0) is 18.8 Å². The molecule has 190 valence electrons. The summed E-state index contributed by atoms with van der Waals surface area (Å²) in [4.78, 5) is 23.2. The van der Waals surface area contributed by atoms with E-state index in [-0.39, 0.29) is 24.3 Å². The van der Waals surface area contributed by atoms with Crippen molar-refractivity contribution in [1.29, 1.82) is 0 Å². The predicted molar refractivity (Wildman–Crippen MR) is 124 cm³/mol. The molecule has 0 aliphatic rings. The zero-order valence-electron chi connectivity index (χ0n) is 20.6. The maximum Gasteiger partial charge on any atom is 0.246 e. The molecule has 0 fully saturated rings. The summed E-state index contributed by atoms with van der Waals surface area (Å²) in [7, 11) is 0. The lowest BCUT2D eigenvalue weighted by atomic mass is 10.1. The van der Waals surface area contributed by atoms with E-state index in [1.54, 1.807) is 0 Å². The van der Waals surface area contributed by atoms with Gasteiger partial charge in [-0.1, -0.05) is 34.1 Å². The Kier molecular flexibility index (Phi) is 22.0. The smallest absolute Gasteiger partial charge is 0.246 e. The molecule has 0 aromatic carbocycles. The molecule has 0 aromatic rings. The van der Waals surface area contributed by atoms with Crippen molar-refractivity contribution in [3.8, 4) is 0 Å². The molecule has 0 spiro atoms. The van der Waals surface area contributed by atoms with Gasteiger partial charge in [0.05, 0.1) is 59.5 Å². The average molecular weight is 463 g/mol. The highest BCUT2D eigenvalue weighted by molar-refractivity contribution is 5.78. The van der Waals surface area contributed by atoms with Crippen molar-refractivity contribution in [3.05, 3.63) is 0 Å². The molecule has 0 rings (SSSR count). The largest absolute Gasteiger partial charge is 0.377 e. The quantitative estimate of drug-likeness (QED) is 0.223. The Bertz CT molecular complexity index is 452. The summed E-state index contributed by atoms with van der Waals surface area (Å²) in [5.41, 5.74) is 0. The first kappa shape index (κ1) is 30.7. The first-order valence-corrected chi connectivity index (χ1v) is 11.9. The second-order valence-corrected chi connectivity index (χ2v) is 7.80. The predicted octanol–water partition coefficient (Wildman–Crippen LogP) is 1.78. The number of rotatable bonds is 23. The van der Waals surface area contributed by atoms with Gasteiger partial charge in [-0.2, -0.15) is 0 Å². The van der Waals surface area contributed by atoms with Gasteiger partial charge in [-0.15, -0.1) is 0 Å². The molecule has 9 heteroatoms. The van der Waals surface area contributed by atoms with Crippen LogP contribution in [0.15, 0.2) is 0 Å². The van der Waals surface area contributed by atoms with Crippen molar-refractivity contribution in [2.24, 2.45) is 11.8 Å². The number of hydrogen-bond acceptors (Lipinski definition) is 7. The number of amides is 2. The Balaban J connectivity index is 3.22. The number of hydrogen-bond donors (Lipinski definition) is 2. The molecular weight excluding hydrogens is 416 g/mol. The third kappa shape index (κ3) is 20.6. The highest BCUT2D eigenvalue weighted by Gasteiger charge is 2.08. The van der Waals surface area contributed by atoms with Crippen molar-refractivity contribution in [3.63, 3.8) is 0 Å². The summed E-state index contributed by atoms with van der Waals surface area (Å²) >= 11 is 0. The normalized spacial score (nSPS) is 13.0. The lowest BCUT2D eigenvalue weighted by Crippen LogP contribution is -2.31. The SMILES string of the molecule is CCCC(C)CNC(=O)COCCOCCOCCOCCOCCNC(=O)C(C)CC. The van der Waals surface area contributed by atoms with E-state index in [0.29, 0.717) is 78.5 Å². The highest BCUT2D eigenvalue weighted by atomic mass is 16.6. The topological polar surface area (TPSA) is 104 Å². The lowest BCUT2D eigenvalue weighted by molar-refractivity contribution is -0.126. The van der Waals surface area contributed by atoms with Crippen molar-refractivity contribution >= 4 is 11.8 Å². The Morgan fingerprint density at radius 1 is 0.719 bits per heavy atom. The van der Waals surface area contributed by atoms with Gasteiger partial charge in [0.2, 0.25) is 11.8 Å². The van der Waals surface area contributed by atoms with Crippen LogP contribution >= 0.6 is 0 Å². The van der Waals surface area contributed by atoms with E-state index < -0.39 is 0 Å². The molecule has 0 radical (unpaired) electrons. The first-order valence-electron chi connectivity index (χ1n) is 11.9. The molecule has 0 aliphatic heterocycles. The van der Waals surface area contributed by atoms with Gasteiger partial charge in [0.1, 0.15) is 6.61 Å². The molecule has 0 bridgehead atoms. The minimum absolute atomic E-state index is 0.0410. The maximum atomic E-state index is 11.6. The first-order chi connectivity index (χ1) is 15.5. The summed E-state index contributed by atoms with van der Waals surface area (Å²) in [6, 6.07) is 0. The number of ether oxygens (including phenoxy) is 5. The summed E-state index contributed by atoms with van der Waals surface area (Å²) in [6.45, 7) is 13.6. The second kappa shape index (κ2) is 22.9. The van der Waals surface area contributed by atoms with Crippen LogP contribution in [0.1, 0.15) is 47.0 Å². The molecule has 9 nitrogen and oxygen atoms in total. The summed E-state index contributed by atoms with van der Waals surface area (Å²) in [6.07, 6.45) is 3.07. The van der Waals surface area contributed by atoms with Crippen LogP contribution in [-0.4, -0.2) is 91.0 Å². The Morgan fingerprint density at radius 2 is 1.22 bits per heavy atom. The van der Waals surface area contributed by atoms with Gasteiger partial charge in [-0.3, -0.25) is 9.59 Å². The molecule has 32 heavy (non-hydrogen) atoms. The van der Waals surface area contributed by atoms with Crippen LogP contribution < -0.4 is 10.6 Å². The van der Waals surface area contributed by atoms with Gasteiger partial charge < -0.3 is 34.3 Å². The summed E-state index contributed by atoms with van der Waals surface area (Å²) < 4.78 is 26.9. The monoisotopic (exact) mass is 462 g/mol. The van der Waals surface area contributed by atoms with Gasteiger partial charge in [0.25, 0.3) is 0 Å². The second-order valence-electron chi connectivity index (χ2n) is 7.80. The summed E-state index contributed by atoms with van der Waals surface area (Å²) in [5.74, 6) is 0.511. The zero-order valence-corrected chi connectivity index (χ0v) is 20.6. The minimum atomic E-state index is -0.0879. The number of carbonyl (C=O) groups is 2. The Labute approximate surface area is 194 Å². The van der Waals surface area contributed by atoms with Crippen LogP contribution in [0.5, 0.6) is 0 Å². The zero-order chi connectivity index (χ0) is 23.9. The van der Waals surface area contributed by atoms with Crippen molar-refractivity contribution in [1.82, 2.24) is 10.6 Å². The van der Waals surface area contributed by atoms with Crippen LogP contribution in [0.25, 0.3) is 0 Å². The molecule has 0 aliphatic carbocycles. The summed E-state index contributed by atoms with van der Waals surface area (Å²) in [5, 5.41) is 5.70. The average Bonchev–Trinajstić information content (AvgIpc) is 2.79. The van der Waals surface area contributed by atoms with Gasteiger partial charge >= 0.3 is 0 Å². The van der Waals surface area contributed by atoms with Gasteiger partial charge in [0, 0.05) is 19.0 Å². The number of nitrogens with one attached hydrogen (secondary N) is 2. The third-order valence-electron chi connectivity index (χ3n) is 4.76. The fourth-order valence-electron chi connectivity index (χ4n) is 2.58. The molecule has 2 unspecified atom stereocenters. The van der Waals surface area contributed by atoms with E-state index in [1.165, 1.54) is 0 Å². The lowest BCUT2D eigenvalue weighted by Gasteiger charge is -2.11. The standard InChI is InChI=1S/C23H46N2O7/c1-5-7-20(3)18-25-22(26)19-32-17-16-31-15-14-30-13-12-29-11-10-28-9-8-24-23(27)21(4)6-2/h20-21H,5-19H2,1-4H3,(H,24,27)(H,25,26). The Hall–Kier alpha value is -1.26. The van der Waals surface area contributed by atoms with E-state index in [2.05, 4.69) is 24.5 Å². The molecule has 0 heterocycles. The van der Waals surface area contributed by atoms with E-state index in [4.69, 9.17) is 23.7 Å². The van der Waals surface area contributed by atoms with Crippen LogP contribution in [0.4, 0.5) is 0 Å². The molecule has 0 saturated carbocycles. The maximum absolute atomic E-state index is 11.6. The van der Waals surface area contributed by atoms with Gasteiger partial charge in [-0.25, -0.2) is 0 Å². The van der Waals surface area contributed by atoms with Crippen molar-refractivity contribution in [2.75, 3.05) is 79.2 Å². The van der Waals surface area contributed by atoms with Crippen LogP contribution in [0.3, 0.4) is 0 Å². The highest BCUT2D eigenvalue weighted by Crippen LogP contribution is 2.02. The van der Waals surface area contributed by atoms with E-state index >= 15 is 0 Å². The molecule has 2 atom stereocenters. The molecule has 0 saturated heterocycles. The molecule has 0 aromatic heterocycles. The van der Waals surface area contributed by atoms with Crippen molar-refractivity contribution in [2.45, 2.75) is 47.0 Å².